The van der Waals surface area contributed by atoms with Crippen LogP contribution in [0.15, 0.2) is 17.5 Å². The lowest BCUT2D eigenvalue weighted by Gasteiger charge is -2.29. The van der Waals surface area contributed by atoms with E-state index < -0.39 is 0 Å². The molecule has 1 aliphatic heterocycles. The minimum atomic E-state index is 0.546. The maximum absolute atomic E-state index is 6.28. The quantitative estimate of drug-likeness (QED) is 0.906. The number of thiophene rings is 1. The van der Waals surface area contributed by atoms with Gasteiger partial charge < -0.3 is 10.2 Å². The van der Waals surface area contributed by atoms with E-state index in [2.05, 4.69) is 26.6 Å². The summed E-state index contributed by atoms with van der Waals surface area (Å²) in [5, 5.41) is 6.28. The van der Waals surface area contributed by atoms with Gasteiger partial charge in [-0.1, -0.05) is 23.2 Å². The molecular formula is C13H13Cl2N3S. The Morgan fingerprint density at radius 2 is 2.21 bits per heavy atom. The van der Waals surface area contributed by atoms with Gasteiger partial charge in [-0.3, -0.25) is 0 Å². The Balaban J connectivity index is 1.95. The van der Waals surface area contributed by atoms with Crippen molar-refractivity contribution in [3.05, 3.63) is 38.0 Å². The molecule has 3 nitrogen and oxygen atoms in total. The van der Waals surface area contributed by atoms with Crippen LogP contribution in [0.2, 0.25) is 10.0 Å². The first kappa shape index (κ1) is 13.0. The van der Waals surface area contributed by atoms with Crippen molar-refractivity contribution in [2.45, 2.75) is 13.0 Å². The van der Waals surface area contributed by atoms with Gasteiger partial charge in [0.15, 0.2) is 0 Å². The molecule has 3 rings (SSSR count). The first-order valence-corrected chi connectivity index (χ1v) is 7.66. The van der Waals surface area contributed by atoms with Gasteiger partial charge in [0.2, 0.25) is 0 Å². The molecule has 0 bridgehead atoms. The van der Waals surface area contributed by atoms with E-state index >= 15 is 0 Å². The minimum absolute atomic E-state index is 0.546. The second kappa shape index (κ2) is 5.19. The van der Waals surface area contributed by atoms with Gasteiger partial charge in [0, 0.05) is 25.0 Å². The Hall–Kier alpha value is -0.970. The molecule has 100 valence electrons. The molecule has 2 aromatic rings. The fourth-order valence-electron chi connectivity index (χ4n) is 2.28. The summed E-state index contributed by atoms with van der Waals surface area (Å²) in [5.41, 5.74) is 1.37. The smallest absolute Gasteiger partial charge is 0.150 e. The van der Waals surface area contributed by atoms with Crippen LogP contribution >= 0.6 is 34.5 Å². The van der Waals surface area contributed by atoms with E-state index in [1.54, 1.807) is 13.1 Å². The van der Waals surface area contributed by atoms with Gasteiger partial charge in [-0.05, 0) is 29.5 Å². The molecule has 0 aliphatic carbocycles. The lowest BCUT2D eigenvalue weighted by atomic mass is 10.1. The second-order valence-corrected chi connectivity index (χ2v) is 6.23. The number of nitrogens with one attached hydrogen (secondary N) is 1. The van der Waals surface area contributed by atoms with Crippen molar-refractivity contribution in [2.24, 2.45) is 0 Å². The van der Waals surface area contributed by atoms with Crippen molar-refractivity contribution >= 4 is 46.2 Å². The largest absolute Gasteiger partial charge is 0.372 e. The maximum Gasteiger partial charge on any atom is 0.150 e. The van der Waals surface area contributed by atoms with Gasteiger partial charge in [-0.15, -0.1) is 11.3 Å². The van der Waals surface area contributed by atoms with Crippen molar-refractivity contribution in [2.75, 3.05) is 23.8 Å². The number of anilines is 2. The zero-order valence-electron chi connectivity index (χ0n) is 10.4. The van der Waals surface area contributed by atoms with Crippen LogP contribution in [0.1, 0.15) is 10.4 Å². The highest BCUT2D eigenvalue weighted by Crippen LogP contribution is 2.34. The molecule has 0 saturated carbocycles. The second-order valence-electron chi connectivity index (χ2n) is 4.41. The molecule has 0 amide bonds. The molecular weight excluding hydrogens is 301 g/mol. The van der Waals surface area contributed by atoms with Crippen molar-refractivity contribution in [1.82, 2.24) is 4.98 Å². The first-order valence-electron chi connectivity index (χ1n) is 6.03. The number of nitrogens with zero attached hydrogens (tertiary/aromatic N) is 2. The van der Waals surface area contributed by atoms with Gasteiger partial charge in [0.25, 0.3) is 0 Å². The molecule has 0 fully saturated rings. The number of rotatable bonds is 2. The zero-order chi connectivity index (χ0) is 13.4. The SMILES string of the molecule is CNc1nc(N2CCc3sccc3C2)c(Cl)cc1Cl. The Bertz CT molecular complexity index is 612. The van der Waals surface area contributed by atoms with Gasteiger partial charge in [-0.25, -0.2) is 4.98 Å². The molecule has 1 aliphatic rings. The van der Waals surface area contributed by atoms with Crippen LogP contribution in [-0.4, -0.2) is 18.6 Å². The van der Waals surface area contributed by atoms with Crippen molar-refractivity contribution in [3.63, 3.8) is 0 Å². The zero-order valence-corrected chi connectivity index (χ0v) is 12.7. The molecule has 0 saturated heterocycles. The summed E-state index contributed by atoms with van der Waals surface area (Å²) >= 11 is 14.2. The fraction of sp³-hybridized carbons (Fsp3) is 0.308. The van der Waals surface area contributed by atoms with Gasteiger partial charge >= 0.3 is 0 Å². The Morgan fingerprint density at radius 3 is 3.00 bits per heavy atom. The number of hydrogen-bond donors (Lipinski definition) is 1. The van der Waals surface area contributed by atoms with E-state index in [9.17, 15) is 0 Å². The monoisotopic (exact) mass is 313 g/mol. The highest BCUT2D eigenvalue weighted by atomic mass is 35.5. The molecule has 1 N–H and O–H groups in total. The van der Waals surface area contributed by atoms with E-state index in [0.29, 0.717) is 15.9 Å². The predicted octanol–water partition coefficient (Wildman–Crippen LogP) is 4.05. The van der Waals surface area contributed by atoms with Crippen LogP contribution in [-0.2, 0) is 13.0 Å². The summed E-state index contributed by atoms with van der Waals surface area (Å²) < 4.78 is 0. The summed E-state index contributed by atoms with van der Waals surface area (Å²) in [6.45, 7) is 1.79. The highest BCUT2D eigenvalue weighted by Gasteiger charge is 2.21. The van der Waals surface area contributed by atoms with Crippen molar-refractivity contribution in [1.29, 1.82) is 0 Å². The molecule has 0 atom stereocenters. The third kappa shape index (κ3) is 2.40. The van der Waals surface area contributed by atoms with Crippen LogP contribution in [0.4, 0.5) is 11.6 Å². The number of aromatic nitrogens is 1. The van der Waals surface area contributed by atoms with E-state index in [1.165, 1.54) is 10.4 Å². The number of hydrogen-bond acceptors (Lipinski definition) is 4. The topological polar surface area (TPSA) is 28.2 Å². The van der Waals surface area contributed by atoms with Crippen LogP contribution in [0, 0.1) is 0 Å². The number of pyridine rings is 1. The van der Waals surface area contributed by atoms with E-state index in [-0.39, 0.29) is 0 Å². The van der Waals surface area contributed by atoms with Crippen molar-refractivity contribution in [3.8, 4) is 0 Å². The standard InChI is InChI=1S/C13H13Cl2N3S/c1-16-12-9(14)6-10(15)13(17-12)18-4-2-11-8(7-18)3-5-19-11/h3,5-6H,2,4,7H2,1H3,(H,16,17). The number of fused-ring (bicyclic) bond motifs is 1. The van der Waals surface area contributed by atoms with Gasteiger partial charge in [0.05, 0.1) is 10.0 Å². The molecule has 19 heavy (non-hydrogen) atoms. The summed E-state index contributed by atoms with van der Waals surface area (Å²) in [5.74, 6) is 1.46. The Labute approximate surface area is 126 Å². The molecule has 3 heterocycles. The number of halogens is 2. The summed E-state index contributed by atoms with van der Waals surface area (Å²) in [4.78, 5) is 8.20. The molecule has 0 aromatic carbocycles. The maximum atomic E-state index is 6.28. The third-order valence-corrected chi connectivity index (χ3v) is 4.84. The van der Waals surface area contributed by atoms with Gasteiger partial charge in [0.1, 0.15) is 11.6 Å². The van der Waals surface area contributed by atoms with E-state index in [0.717, 1.165) is 25.3 Å². The fourth-order valence-corrected chi connectivity index (χ4v) is 3.75. The van der Waals surface area contributed by atoms with E-state index in [4.69, 9.17) is 23.2 Å². The molecule has 0 spiro atoms. The first-order chi connectivity index (χ1) is 9.19. The molecule has 0 radical (unpaired) electrons. The van der Waals surface area contributed by atoms with Crippen LogP contribution in [0.25, 0.3) is 0 Å². The van der Waals surface area contributed by atoms with Crippen LogP contribution in [0.3, 0.4) is 0 Å². The van der Waals surface area contributed by atoms with Crippen LogP contribution < -0.4 is 10.2 Å². The lowest BCUT2D eigenvalue weighted by molar-refractivity contribution is 0.733. The van der Waals surface area contributed by atoms with Gasteiger partial charge in [-0.2, -0.15) is 0 Å². The molecule has 6 heteroatoms. The Morgan fingerprint density at radius 1 is 1.37 bits per heavy atom. The normalized spacial score (nSPS) is 14.4. The average Bonchev–Trinajstić information content (AvgIpc) is 2.86. The van der Waals surface area contributed by atoms with Crippen molar-refractivity contribution < 1.29 is 0 Å². The Kier molecular flexibility index (Phi) is 3.56. The van der Waals surface area contributed by atoms with E-state index in [1.807, 2.05) is 11.3 Å². The summed E-state index contributed by atoms with van der Waals surface area (Å²) in [6, 6.07) is 3.93. The third-order valence-electron chi connectivity index (χ3n) is 3.25. The highest BCUT2D eigenvalue weighted by molar-refractivity contribution is 7.10. The molecule has 2 aromatic heterocycles. The lowest BCUT2D eigenvalue weighted by Crippen LogP contribution is -2.30. The molecule has 0 unspecified atom stereocenters. The summed E-state index contributed by atoms with van der Waals surface area (Å²) in [6.07, 6.45) is 1.04. The van der Waals surface area contributed by atoms with Crippen LogP contribution in [0.5, 0.6) is 0 Å². The summed E-state index contributed by atoms with van der Waals surface area (Å²) in [7, 11) is 1.80. The predicted molar refractivity (Wildman–Crippen MR) is 82.9 cm³/mol. The minimum Gasteiger partial charge on any atom is -0.372 e. The average molecular weight is 314 g/mol.